The van der Waals surface area contributed by atoms with Gasteiger partial charge in [-0.15, -0.1) is 0 Å². The fourth-order valence-electron chi connectivity index (χ4n) is 1.27. The van der Waals surface area contributed by atoms with Crippen LogP contribution in [0, 0.1) is 0 Å². The van der Waals surface area contributed by atoms with E-state index in [0.29, 0.717) is 30.3 Å². The number of hydrogen-bond acceptors (Lipinski definition) is 3. The highest BCUT2D eigenvalue weighted by atomic mass is 16.5. The Labute approximate surface area is 96.4 Å². The molecule has 0 saturated heterocycles. The molecule has 0 radical (unpaired) electrons. The molecule has 0 bridgehead atoms. The van der Waals surface area contributed by atoms with Gasteiger partial charge in [0.05, 0.1) is 13.2 Å². The molecule has 0 spiro atoms. The third-order valence-electron chi connectivity index (χ3n) is 1.98. The molecule has 16 heavy (non-hydrogen) atoms. The van der Waals surface area contributed by atoms with Gasteiger partial charge in [-0.25, -0.2) is 0 Å². The monoisotopic (exact) mass is 222 g/mol. The first-order valence-electron chi connectivity index (χ1n) is 5.66. The van der Waals surface area contributed by atoms with Gasteiger partial charge < -0.3 is 9.47 Å². The molecule has 0 aliphatic heterocycles. The number of benzene rings is 1. The zero-order valence-electron chi connectivity index (χ0n) is 9.86. The highest BCUT2D eigenvalue weighted by Gasteiger charge is 2.02. The summed E-state index contributed by atoms with van der Waals surface area (Å²) in [4.78, 5) is 10.7. The Kier molecular flexibility index (Phi) is 5.40. The van der Waals surface area contributed by atoms with E-state index in [4.69, 9.17) is 9.47 Å². The SMILES string of the molecule is CCCOc1cc(C=O)cc(OCCC)c1. The Hall–Kier alpha value is -1.51. The smallest absolute Gasteiger partial charge is 0.150 e. The van der Waals surface area contributed by atoms with E-state index < -0.39 is 0 Å². The van der Waals surface area contributed by atoms with Gasteiger partial charge >= 0.3 is 0 Å². The van der Waals surface area contributed by atoms with Crippen molar-refractivity contribution in [2.75, 3.05) is 13.2 Å². The van der Waals surface area contributed by atoms with Crippen LogP contribution in [0.4, 0.5) is 0 Å². The van der Waals surface area contributed by atoms with Crippen LogP contribution in [-0.2, 0) is 0 Å². The van der Waals surface area contributed by atoms with Gasteiger partial charge in [-0.2, -0.15) is 0 Å². The second kappa shape index (κ2) is 6.88. The molecular formula is C13H18O3. The lowest BCUT2D eigenvalue weighted by Gasteiger charge is -2.09. The van der Waals surface area contributed by atoms with Crippen LogP contribution in [0.1, 0.15) is 37.0 Å². The molecule has 0 aliphatic carbocycles. The van der Waals surface area contributed by atoms with Gasteiger partial charge in [-0.3, -0.25) is 4.79 Å². The van der Waals surface area contributed by atoms with Gasteiger partial charge in [-0.1, -0.05) is 13.8 Å². The van der Waals surface area contributed by atoms with Gasteiger partial charge in [0, 0.05) is 11.6 Å². The number of carbonyl (C=O) groups is 1. The zero-order chi connectivity index (χ0) is 11.8. The van der Waals surface area contributed by atoms with Crippen LogP contribution in [0.5, 0.6) is 11.5 Å². The van der Waals surface area contributed by atoms with Crippen LogP contribution in [0.25, 0.3) is 0 Å². The average molecular weight is 222 g/mol. The van der Waals surface area contributed by atoms with E-state index in [0.717, 1.165) is 19.1 Å². The predicted molar refractivity (Wildman–Crippen MR) is 63.4 cm³/mol. The van der Waals surface area contributed by atoms with Crippen molar-refractivity contribution in [3.05, 3.63) is 23.8 Å². The van der Waals surface area contributed by atoms with E-state index in [1.807, 2.05) is 19.9 Å². The minimum atomic E-state index is 0.583. The summed E-state index contributed by atoms with van der Waals surface area (Å²) >= 11 is 0. The van der Waals surface area contributed by atoms with Crippen molar-refractivity contribution in [1.82, 2.24) is 0 Å². The maximum Gasteiger partial charge on any atom is 0.150 e. The Morgan fingerprint density at radius 3 is 1.88 bits per heavy atom. The first kappa shape index (κ1) is 12.6. The maximum absolute atomic E-state index is 10.7. The third-order valence-corrected chi connectivity index (χ3v) is 1.98. The quantitative estimate of drug-likeness (QED) is 0.665. The number of carbonyl (C=O) groups excluding carboxylic acids is 1. The third kappa shape index (κ3) is 3.93. The molecule has 0 unspecified atom stereocenters. The topological polar surface area (TPSA) is 35.5 Å². The summed E-state index contributed by atoms with van der Waals surface area (Å²) in [6.07, 6.45) is 2.69. The van der Waals surface area contributed by atoms with E-state index in [-0.39, 0.29) is 0 Å². The Morgan fingerprint density at radius 1 is 1.00 bits per heavy atom. The fraction of sp³-hybridized carbons (Fsp3) is 0.462. The molecular weight excluding hydrogens is 204 g/mol. The van der Waals surface area contributed by atoms with Crippen LogP contribution in [0.2, 0.25) is 0 Å². The van der Waals surface area contributed by atoms with E-state index >= 15 is 0 Å². The van der Waals surface area contributed by atoms with Crippen molar-refractivity contribution in [3.8, 4) is 11.5 Å². The standard InChI is InChI=1S/C13H18O3/c1-3-5-15-12-7-11(10-14)8-13(9-12)16-6-4-2/h7-10H,3-6H2,1-2H3. The molecule has 1 aromatic carbocycles. The van der Waals surface area contributed by atoms with Crippen molar-refractivity contribution in [2.24, 2.45) is 0 Å². The molecule has 0 aliphatic rings. The first-order chi connectivity index (χ1) is 7.80. The molecule has 0 N–H and O–H groups in total. The van der Waals surface area contributed by atoms with Gasteiger partial charge in [-0.05, 0) is 25.0 Å². The second-order valence-electron chi connectivity index (χ2n) is 3.55. The summed E-state index contributed by atoms with van der Waals surface area (Å²) in [7, 11) is 0. The molecule has 0 saturated carbocycles. The Morgan fingerprint density at radius 2 is 1.50 bits per heavy atom. The van der Waals surface area contributed by atoms with Gasteiger partial charge in [0.15, 0.2) is 0 Å². The lowest BCUT2D eigenvalue weighted by Crippen LogP contribution is -1.99. The van der Waals surface area contributed by atoms with E-state index in [2.05, 4.69) is 0 Å². The molecule has 3 heteroatoms. The maximum atomic E-state index is 10.7. The van der Waals surface area contributed by atoms with Crippen LogP contribution in [0.15, 0.2) is 18.2 Å². The van der Waals surface area contributed by atoms with Gasteiger partial charge in [0.1, 0.15) is 17.8 Å². The molecule has 3 nitrogen and oxygen atoms in total. The molecule has 0 fully saturated rings. The summed E-state index contributed by atoms with van der Waals surface area (Å²) in [5, 5.41) is 0. The molecule has 0 atom stereocenters. The molecule has 0 aromatic heterocycles. The second-order valence-corrected chi connectivity index (χ2v) is 3.55. The fourth-order valence-corrected chi connectivity index (χ4v) is 1.27. The number of hydrogen-bond donors (Lipinski definition) is 0. The lowest BCUT2D eigenvalue weighted by molar-refractivity contribution is 0.112. The minimum Gasteiger partial charge on any atom is -0.493 e. The van der Waals surface area contributed by atoms with E-state index in [9.17, 15) is 4.79 Å². The van der Waals surface area contributed by atoms with Gasteiger partial charge in [0.25, 0.3) is 0 Å². The molecule has 88 valence electrons. The van der Waals surface area contributed by atoms with Gasteiger partial charge in [0.2, 0.25) is 0 Å². The zero-order valence-corrected chi connectivity index (χ0v) is 9.86. The summed E-state index contributed by atoms with van der Waals surface area (Å²) in [6, 6.07) is 5.27. The summed E-state index contributed by atoms with van der Waals surface area (Å²) in [6.45, 7) is 5.38. The Bertz CT molecular complexity index is 308. The molecule has 1 aromatic rings. The number of aldehydes is 1. The van der Waals surface area contributed by atoms with E-state index in [1.165, 1.54) is 0 Å². The van der Waals surface area contributed by atoms with E-state index in [1.54, 1.807) is 12.1 Å². The number of ether oxygens (including phenoxy) is 2. The average Bonchev–Trinajstić information content (AvgIpc) is 2.33. The van der Waals surface area contributed by atoms with Crippen molar-refractivity contribution in [2.45, 2.75) is 26.7 Å². The van der Waals surface area contributed by atoms with Crippen LogP contribution in [-0.4, -0.2) is 19.5 Å². The summed E-state index contributed by atoms with van der Waals surface area (Å²) < 4.78 is 11.0. The largest absolute Gasteiger partial charge is 0.493 e. The van der Waals surface area contributed by atoms with Crippen LogP contribution >= 0.6 is 0 Å². The molecule has 0 heterocycles. The van der Waals surface area contributed by atoms with Crippen LogP contribution < -0.4 is 9.47 Å². The van der Waals surface area contributed by atoms with Crippen molar-refractivity contribution >= 4 is 6.29 Å². The highest BCUT2D eigenvalue weighted by molar-refractivity contribution is 5.76. The highest BCUT2D eigenvalue weighted by Crippen LogP contribution is 2.22. The minimum absolute atomic E-state index is 0.583. The van der Waals surface area contributed by atoms with Crippen molar-refractivity contribution in [1.29, 1.82) is 0 Å². The molecule has 0 amide bonds. The first-order valence-corrected chi connectivity index (χ1v) is 5.66. The normalized spacial score (nSPS) is 9.88. The Balaban J connectivity index is 2.78. The van der Waals surface area contributed by atoms with Crippen molar-refractivity contribution in [3.63, 3.8) is 0 Å². The number of rotatable bonds is 7. The predicted octanol–water partition coefficient (Wildman–Crippen LogP) is 3.08. The summed E-state index contributed by atoms with van der Waals surface area (Å²) in [5.74, 6) is 1.38. The molecule has 1 rings (SSSR count). The lowest BCUT2D eigenvalue weighted by atomic mass is 10.2. The van der Waals surface area contributed by atoms with Crippen LogP contribution in [0.3, 0.4) is 0 Å². The van der Waals surface area contributed by atoms with Crippen molar-refractivity contribution < 1.29 is 14.3 Å². The summed E-state index contributed by atoms with van der Waals surface area (Å²) in [5.41, 5.74) is 0.583.